The molecule has 7 nitrogen and oxygen atoms in total. The van der Waals surface area contributed by atoms with Crippen molar-refractivity contribution < 1.29 is 28.6 Å². The molecular formula is C14H29NO6. The van der Waals surface area contributed by atoms with Crippen molar-refractivity contribution in [1.82, 2.24) is 5.48 Å². The molecule has 0 bridgehead atoms. The number of carbonyl (C=O) groups excluding carboxylic acids is 1. The summed E-state index contributed by atoms with van der Waals surface area (Å²) in [6.07, 6.45) is 0.401. The number of hydrogen-bond donors (Lipinski definition) is 1. The third-order valence-corrected chi connectivity index (χ3v) is 1.98. The predicted octanol–water partition coefficient (Wildman–Crippen LogP) is 1.90. The van der Waals surface area contributed by atoms with Gasteiger partial charge in [-0.05, 0) is 27.2 Å². The molecule has 1 amide bonds. The van der Waals surface area contributed by atoms with Crippen LogP contribution in [0.3, 0.4) is 0 Å². The molecule has 0 aliphatic carbocycles. The van der Waals surface area contributed by atoms with E-state index in [4.69, 9.17) is 23.8 Å². The van der Waals surface area contributed by atoms with Crippen LogP contribution in [0.5, 0.6) is 0 Å². The van der Waals surface area contributed by atoms with Gasteiger partial charge in [0.05, 0.1) is 39.6 Å². The van der Waals surface area contributed by atoms with Gasteiger partial charge in [0.15, 0.2) is 0 Å². The highest BCUT2D eigenvalue weighted by atomic mass is 16.7. The number of nitrogens with one attached hydrogen (secondary N) is 1. The summed E-state index contributed by atoms with van der Waals surface area (Å²) in [5.41, 5.74) is 1.64. The van der Waals surface area contributed by atoms with Gasteiger partial charge in [-0.25, -0.2) is 4.79 Å². The normalized spacial score (nSPS) is 11.4. The number of rotatable bonds is 12. The van der Waals surface area contributed by atoms with E-state index in [2.05, 4.69) is 12.4 Å². The van der Waals surface area contributed by atoms with Gasteiger partial charge in [0.2, 0.25) is 0 Å². The van der Waals surface area contributed by atoms with Crippen LogP contribution in [-0.4, -0.2) is 57.9 Å². The van der Waals surface area contributed by atoms with Gasteiger partial charge in [0, 0.05) is 6.61 Å². The van der Waals surface area contributed by atoms with Gasteiger partial charge in [-0.1, -0.05) is 6.92 Å². The Morgan fingerprint density at radius 3 is 1.81 bits per heavy atom. The average molecular weight is 307 g/mol. The van der Waals surface area contributed by atoms with Gasteiger partial charge in [-0.3, -0.25) is 4.84 Å². The molecule has 0 saturated heterocycles. The molecule has 0 heterocycles. The minimum atomic E-state index is -0.613. The Hall–Kier alpha value is -0.890. The molecule has 1 N–H and O–H groups in total. The van der Waals surface area contributed by atoms with E-state index in [1.54, 1.807) is 20.8 Å². The van der Waals surface area contributed by atoms with Crippen molar-refractivity contribution in [2.45, 2.75) is 39.7 Å². The molecule has 0 fully saturated rings. The van der Waals surface area contributed by atoms with Crippen molar-refractivity contribution in [3.05, 3.63) is 0 Å². The highest BCUT2D eigenvalue weighted by molar-refractivity contribution is 5.66. The molecule has 0 spiro atoms. The summed E-state index contributed by atoms with van der Waals surface area (Å²) in [6.45, 7) is 10.9. The molecule has 0 aliphatic heterocycles. The summed E-state index contributed by atoms with van der Waals surface area (Å²) in [5, 5.41) is 0. The van der Waals surface area contributed by atoms with Crippen LogP contribution in [0.15, 0.2) is 0 Å². The van der Waals surface area contributed by atoms with Gasteiger partial charge in [-0.15, -0.1) is 0 Å². The lowest BCUT2D eigenvalue weighted by atomic mass is 10.2. The lowest BCUT2D eigenvalue weighted by Gasteiger charge is -2.19. The summed E-state index contributed by atoms with van der Waals surface area (Å²) in [7, 11) is 0. The first-order valence-corrected chi connectivity index (χ1v) is 7.29. The van der Waals surface area contributed by atoms with Crippen LogP contribution in [-0.2, 0) is 23.8 Å². The fourth-order valence-electron chi connectivity index (χ4n) is 1.20. The van der Waals surface area contributed by atoms with E-state index >= 15 is 0 Å². The van der Waals surface area contributed by atoms with E-state index in [0.717, 1.165) is 13.0 Å². The SMILES string of the molecule is CCCOCCOCCOCCONC(=O)OC(C)(C)C. The fourth-order valence-corrected chi connectivity index (χ4v) is 1.20. The zero-order chi connectivity index (χ0) is 16.0. The van der Waals surface area contributed by atoms with E-state index in [1.807, 2.05) is 0 Å². The molecule has 0 radical (unpaired) electrons. The second kappa shape index (κ2) is 12.8. The van der Waals surface area contributed by atoms with Crippen molar-refractivity contribution in [1.29, 1.82) is 0 Å². The summed E-state index contributed by atoms with van der Waals surface area (Å²) < 4.78 is 20.8. The Bertz CT molecular complexity index is 254. The molecule has 0 unspecified atom stereocenters. The molecule has 0 aromatic carbocycles. The molecule has 0 aliphatic rings. The van der Waals surface area contributed by atoms with Crippen LogP contribution in [0.25, 0.3) is 0 Å². The van der Waals surface area contributed by atoms with E-state index in [9.17, 15) is 4.79 Å². The van der Waals surface area contributed by atoms with Gasteiger partial charge in [0.1, 0.15) is 5.60 Å². The first kappa shape index (κ1) is 20.1. The van der Waals surface area contributed by atoms with Gasteiger partial charge in [0.25, 0.3) is 0 Å². The Morgan fingerprint density at radius 1 is 0.857 bits per heavy atom. The molecule has 21 heavy (non-hydrogen) atoms. The van der Waals surface area contributed by atoms with Crippen molar-refractivity contribution in [2.24, 2.45) is 0 Å². The van der Waals surface area contributed by atoms with Crippen LogP contribution in [0.1, 0.15) is 34.1 Å². The standard InChI is InChI=1S/C14H29NO6/c1-5-6-17-7-8-18-9-10-19-11-12-20-15-13(16)21-14(2,3)4/h5-12H2,1-4H3,(H,15,16). The molecule has 0 aromatic rings. The van der Waals surface area contributed by atoms with E-state index in [1.165, 1.54) is 0 Å². The molecule has 0 rings (SSSR count). The van der Waals surface area contributed by atoms with Crippen LogP contribution in [0.4, 0.5) is 4.79 Å². The smallest absolute Gasteiger partial charge is 0.431 e. The zero-order valence-corrected chi connectivity index (χ0v) is 13.6. The summed E-state index contributed by atoms with van der Waals surface area (Å²) >= 11 is 0. The number of amides is 1. The quantitative estimate of drug-likeness (QED) is 0.438. The average Bonchev–Trinajstić information content (AvgIpc) is 2.38. The van der Waals surface area contributed by atoms with E-state index in [0.29, 0.717) is 33.0 Å². The second-order valence-corrected chi connectivity index (χ2v) is 5.29. The van der Waals surface area contributed by atoms with Crippen molar-refractivity contribution in [3.63, 3.8) is 0 Å². The minimum absolute atomic E-state index is 0.249. The largest absolute Gasteiger partial charge is 0.442 e. The first-order valence-electron chi connectivity index (χ1n) is 7.29. The monoisotopic (exact) mass is 307 g/mol. The maximum atomic E-state index is 11.2. The maximum Gasteiger partial charge on any atom is 0.431 e. The molecule has 7 heteroatoms. The van der Waals surface area contributed by atoms with Crippen molar-refractivity contribution in [3.8, 4) is 0 Å². The lowest BCUT2D eigenvalue weighted by molar-refractivity contribution is -0.0354. The zero-order valence-electron chi connectivity index (χ0n) is 13.6. The van der Waals surface area contributed by atoms with Crippen LogP contribution in [0.2, 0.25) is 0 Å². The number of carbonyl (C=O) groups is 1. The highest BCUT2D eigenvalue weighted by Gasteiger charge is 2.15. The van der Waals surface area contributed by atoms with Crippen LogP contribution >= 0.6 is 0 Å². The van der Waals surface area contributed by atoms with Crippen LogP contribution < -0.4 is 5.48 Å². The van der Waals surface area contributed by atoms with Gasteiger partial charge >= 0.3 is 6.09 Å². The van der Waals surface area contributed by atoms with Crippen LogP contribution in [0, 0.1) is 0 Å². The van der Waals surface area contributed by atoms with Gasteiger partial charge < -0.3 is 18.9 Å². The number of hydrogen-bond acceptors (Lipinski definition) is 6. The molecular weight excluding hydrogens is 278 g/mol. The summed E-state index contributed by atoms with van der Waals surface area (Å²) in [5.74, 6) is 0. The van der Waals surface area contributed by atoms with Crippen molar-refractivity contribution >= 4 is 6.09 Å². The Balaban J connectivity index is 3.17. The highest BCUT2D eigenvalue weighted by Crippen LogP contribution is 2.06. The summed E-state index contributed by atoms with van der Waals surface area (Å²) in [4.78, 5) is 16.1. The molecule has 126 valence electrons. The molecule has 0 atom stereocenters. The minimum Gasteiger partial charge on any atom is -0.442 e. The summed E-state index contributed by atoms with van der Waals surface area (Å²) in [6, 6.07) is 0. The van der Waals surface area contributed by atoms with E-state index in [-0.39, 0.29) is 6.61 Å². The Labute approximate surface area is 127 Å². The molecule has 0 saturated carbocycles. The fraction of sp³-hybridized carbons (Fsp3) is 0.929. The topological polar surface area (TPSA) is 75.3 Å². The van der Waals surface area contributed by atoms with E-state index < -0.39 is 11.7 Å². The predicted molar refractivity (Wildman–Crippen MR) is 78.1 cm³/mol. The van der Waals surface area contributed by atoms with Crippen molar-refractivity contribution in [2.75, 3.05) is 46.2 Å². The number of hydroxylamine groups is 1. The second-order valence-electron chi connectivity index (χ2n) is 5.29. The first-order chi connectivity index (χ1) is 9.95. The maximum absolute atomic E-state index is 11.2. The third kappa shape index (κ3) is 17.1. The molecule has 0 aromatic heterocycles. The Kier molecular flexibility index (Phi) is 12.3. The lowest BCUT2D eigenvalue weighted by Crippen LogP contribution is -2.33. The number of ether oxygens (including phenoxy) is 4. The van der Waals surface area contributed by atoms with Gasteiger partial charge in [-0.2, -0.15) is 5.48 Å². The third-order valence-electron chi connectivity index (χ3n) is 1.98. The Morgan fingerprint density at radius 2 is 1.33 bits per heavy atom.